The lowest BCUT2D eigenvalue weighted by atomic mass is 10.2. The molecule has 0 amide bonds. The minimum absolute atomic E-state index is 0.509. The van der Waals surface area contributed by atoms with Gasteiger partial charge in [-0.15, -0.1) is 0 Å². The van der Waals surface area contributed by atoms with Crippen molar-refractivity contribution in [3.05, 3.63) is 58.6 Å². The van der Waals surface area contributed by atoms with Crippen LogP contribution in [0.15, 0.2) is 42.5 Å². The van der Waals surface area contributed by atoms with Crippen LogP contribution >= 0.6 is 11.6 Å². The number of halogens is 1. The average Bonchev–Trinajstić information content (AvgIpc) is 2.39. The second kappa shape index (κ2) is 6.48. The molecular formula is C16H17ClO2. The van der Waals surface area contributed by atoms with Crippen LogP contribution in [0.2, 0.25) is 5.02 Å². The van der Waals surface area contributed by atoms with E-state index in [1.54, 1.807) is 0 Å². The Morgan fingerprint density at radius 2 is 1.58 bits per heavy atom. The summed E-state index contributed by atoms with van der Waals surface area (Å²) in [5.74, 6) is 1.69. The van der Waals surface area contributed by atoms with Crippen LogP contribution in [0.1, 0.15) is 11.1 Å². The Morgan fingerprint density at radius 3 is 2.21 bits per heavy atom. The highest BCUT2D eigenvalue weighted by Crippen LogP contribution is 2.21. The Balaban J connectivity index is 1.79. The monoisotopic (exact) mass is 276 g/mol. The van der Waals surface area contributed by atoms with Gasteiger partial charge in [-0.2, -0.15) is 0 Å². The summed E-state index contributed by atoms with van der Waals surface area (Å²) in [5.41, 5.74) is 2.20. The molecule has 2 aromatic carbocycles. The first-order valence-corrected chi connectivity index (χ1v) is 6.61. The zero-order valence-electron chi connectivity index (χ0n) is 11.2. The van der Waals surface area contributed by atoms with Crippen molar-refractivity contribution in [2.45, 2.75) is 13.8 Å². The quantitative estimate of drug-likeness (QED) is 0.753. The van der Waals surface area contributed by atoms with E-state index in [0.29, 0.717) is 13.2 Å². The van der Waals surface area contributed by atoms with Crippen LogP contribution in [-0.2, 0) is 0 Å². The molecule has 0 saturated carbocycles. The van der Waals surface area contributed by atoms with Gasteiger partial charge in [0, 0.05) is 5.02 Å². The number of rotatable bonds is 5. The Hall–Kier alpha value is -1.67. The third-order valence-electron chi connectivity index (χ3n) is 2.74. The van der Waals surface area contributed by atoms with Crippen LogP contribution in [0.5, 0.6) is 11.5 Å². The molecule has 0 fully saturated rings. The molecule has 0 radical (unpaired) electrons. The first kappa shape index (κ1) is 13.8. The maximum atomic E-state index is 5.96. The molecule has 0 heterocycles. The smallest absolute Gasteiger partial charge is 0.122 e. The van der Waals surface area contributed by atoms with Crippen molar-refractivity contribution >= 4 is 11.6 Å². The SMILES string of the molecule is Cc1cccc(OCCOc2ccc(Cl)c(C)c2)c1. The topological polar surface area (TPSA) is 18.5 Å². The summed E-state index contributed by atoms with van der Waals surface area (Å²) in [6.07, 6.45) is 0. The van der Waals surface area contributed by atoms with E-state index in [1.807, 2.05) is 56.3 Å². The van der Waals surface area contributed by atoms with E-state index in [0.717, 1.165) is 22.1 Å². The molecule has 0 aliphatic rings. The fraction of sp³-hybridized carbons (Fsp3) is 0.250. The van der Waals surface area contributed by atoms with Gasteiger partial charge in [0.25, 0.3) is 0 Å². The normalized spacial score (nSPS) is 10.3. The van der Waals surface area contributed by atoms with Crippen molar-refractivity contribution in [3.8, 4) is 11.5 Å². The molecule has 2 rings (SSSR count). The summed E-state index contributed by atoms with van der Waals surface area (Å²) >= 11 is 5.96. The summed E-state index contributed by atoms with van der Waals surface area (Å²) in [7, 11) is 0. The van der Waals surface area contributed by atoms with E-state index in [9.17, 15) is 0 Å². The van der Waals surface area contributed by atoms with Gasteiger partial charge in [0.15, 0.2) is 0 Å². The van der Waals surface area contributed by atoms with Gasteiger partial charge in [0.2, 0.25) is 0 Å². The van der Waals surface area contributed by atoms with Gasteiger partial charge >= 0.3 is 0 Å². The largest absolute Gasteiger partial charge is 0.490 e. The molecular weight excluding hydrogens is 260 g/mol. The summed E-state index contributed by atoms with van der Waals surface area (Å²) < 4.78 is 11.2. The number of hydrogen-bond donors (Lipinski definition) is 0. The van der Waals surface area contributed by atoms with Gasteiger partial charge < -0.3 is 9.47 Å². The Kier molecular flexibility index (Phi) is 4.69. The first-order valence-electron chi connectivity index (χ1n) is 6.23. The van der Waals surface area contributed by atoms with Crippen LogP contribution in [0, 0.1) is 13.8 Å². The first-order chi connectivity index (χ1) is 9.15. The fourth-order valence-corrected chi connectivity index (χ4v) is 1.85. The van der Waals surface area contributed by atoms with Crippen molar-refractivity contribution in [2.75, 3.05) is 13.2 Å². The van der Waals surface area contributed by atoms with Gasteiger partial charge in [-0.1, -0.05) is 23.7 Å². The molecule has 0 atom stereocenters. The number of ether oxygens (including phenoxy) is 2. The van der Waals surface area contributed by atoms with Crippen LogP contribution < -0.4 is 9.47 Å². The molecule has 2 nitrogen and oxygen atoms in total. The van der Waals surface area contributed by atoms with E-state index >= 15 is 0 Å². The fourth-order valence-electron chi connectivity index (χ4n) is 1.73. The summed E-state index contributed by atoms with van der Waals surface area (Å²) in [6.45, 7) is 5.03. The molecule has 0 aliphatic carbocycles. The van der Waals surface area contributed by atoms with E-state index < -0.39 is 0 Å². The van der Waals surface area contributed by atoms with Crippen molar-refractivity contribution in [1.82, 2.24) is 0 Å². The highest BCUT2D eigenvalue weighted by molar-refractivity contribution is 6.31. The van der Waals surface area contributed by atoms with Crippen molar-refractivity contribution < 1.29 is 9.47 Å². The van der Waals surface area contributed by atoms with E-state index in [2.05, 4.69) is 0 Å². The molecule has 0 spiro atoms. The third kappa shape index (κ3) is 4.18. The van der Waals surface area contributed by atoms with Gasteiger partial charge in [0.1, 0.15) is 24.7 Å². The van der Waals surface area contributed by atoms with Gasteiger partial charge in [-0.3, -0.25) is 0 Å². The second-order valence-electron chi connectivity index (χ2n) is 4.42. The lowest BCUT2D eigenvalue weighted by Gasteiger charge is -2.09. The Morgan fingerprint density at radius 1 is 0.895 bits per heavy atom. The van der Waals surface area contributed by atoms with Crippen LogP contribution in [-0.4, -0.2) is 13.2 Å². The number of hydrogen-bond acceptors (Lipinski definition) is 2. The Labute approximate surface area is 118 Å². The molecule has 0 unspecified atom stereocenters. The molecule has 0 saturated heterocycles. The maximum absolute atomic E-state index is 5.96. The molecule has 0 aliphatic heterocycles. The highest BCUT2D eigenvalue weighted by Gasteiger charge is 1.99. The average molecular weight is 277 g/mol. The Bertz CT molecular complexity index is 552. The van der Waals surface area contributed by atoms with E-state index in [-0.39, 0.29) is 0 Å². The predicted molar refractivity (Wildman–Crippen MR) is 78.4 cm³/mol. The molecule has 0 bridgehead atoms. The second-order valence-corrected chi connectivity index (χ2v) is 4.83. The van der Waals surface area contributed by atoms with Gasteiger partial charge in [0.05, 0.1) is 0 Å². The predicted octanol–water partition coefficient (Wildman–Crippen LogP) is 4.41. The lowest BCUT2D eigenvalue weighted by Crippen LogP contribution is -2.09. The van der Waals surface area contributed by atoms with Crippen LogP contribution in [0.25, 0.3) is 0 Å². The minimum Gasteiger partial charge on any atom is -0.490 e. The number of aryl methyl sites for hydroxylation is 2. The van der Waals surface area contributed by atoms with Crippen molar-refractivity contribution in [3.63, 3.8) is 0 Å². The molecule has 0 aromatic heterocycles. The van der Waals surface area contributed by atoms with E-state index in [1.165, 1.54) is 5.56 Å². The summed E-state index contributed by atoms with van der Waals surface area (Å²) in [6, 6.07) is 13.6. The molecule has 100 valence electrons. The zero-order valence-corrected chi connectivity index (χ0v) is 11.9. The highest BCUT2D eigenvalue weighted by atomic mass is 35.5. The minimum atomic E-state index is 0.509. The van der Waals surface area contributed by atoms with E-state index in [4.69, 9.17) is 21.1 Å². The molecule has 3 heteroatoms. The van der Waals surface area contributed by atoms with Crippen molar-refractivity contribution in [2.24, 2.45) is 0 Å². The van der Waals surface area contributed by atoms with Crippen LogP contribution in [0.4, 0.5) is 0 Å². The van der Waals surface area contributed by atoms with Crippen molar-refractivity contribution in [1.29, 1.82) is 0 Å². The standard InChI is InChI=1S/C16H17ClO2/c1-12-4-3-5-14(10-12)18-8-9-19-15-6-7-16(17)13(2)11-15/h3-7,10-11H,8-9H2,1-2H3. The summed E-state index contributed by atoms with van der Waals surface area (Å²) in [5, 5.41) is 0.753. The molecule has 2 aromatic rings. The van der Waals surface area contributed by atoms with Crippen LogP contribution in [0.3, 0.4) is 0 Å². The molecule has 19 heavy (non-hydrogen) atoms. The van der Waals surface area contributed by atoms with Gasteiger partial charge in [-0.25, -0.2) is 0 Å². The number of benzene rings is 2. The third-order valence-corrected chi connectivity index (χ3v) is 3.16. The molecule has 0 N–H and O–H groups in total. The summed E-state index contributed by atoms with van der Waals surface area (Å²) in [4.78, 5) is 0. The maximum Gasteiger partial charge on any atom is 0.122 e. The van der Waals surface area contributed by atoms with Gasteiger partial charge in [-0.05, 0) is 55.3 Å². The zero-order chi connectivity index (χ0) is 13.7. The lowest BCUT2D eigenvalue weighted by molar-refractivity contribution is 0.217.